The summed E-state index contributed by atoms with van der Waals surface area (Å²) < 4.78 is 5.76. The third-order valence-electron chi connectivity index (χ3n) is 4.78. The van der Waals surface area contributed by atoms with Gasteiger partial charge in [0.2, 0.25) is 11.8 Å². The molecule has 1 aliphatic heterocycles. The van der Waals surface area contributed by atoms with E-state index in [9.17, 15) is 9.59 Å². The third-order valence-corrected chi connectivity index (χ3v) is 4.78. The van der Waals surface area contributed by atoms with E-state index in [1.165, 1.54) is 4.90 Å². The summed E-state index contributed by atoms with van der Waals surface area (Å²) in [4.78, 5) is 24.9. The Balaban J connectivity index is 2.21. The second kappa shape index (κ2) is 4.45. The molecule has 1 heterocycles. The molecule has 2 aliphatic rings. The van der Waals surface area contributed by atoms with Gasteiger partial charge in [0.15, 0.2) is 0 Å². The van der Waals surface area contributed by atoms with E-state index in [4.69, 9.17) is 16.2 Å². The predicted molar refractivity (Wildman–Crippen MR) is 70.0 cm³/mol. The number of fused-ring (bicyclic) bond motifs is 1. The number of nitrogens with zero attached hydrogens (tertiary/aromatic N) is 1. The standard InChI is InChI=1S/C13H23N3O3/c1-12(2)10-8(5-4-6-19-10)13(12,15)11(18)16(3)7-9(14)17/h8,10H,4-7,15H2,1-3H3,(H2,14,17). The van der Waals surface area contributed by atoms with Crippen molar-refractivity contribution in [3.8, 4) is 0 Å². The van der Waals surface area contributed by atoms with Crippen molar-refractivity contribution in [3.05, 3.63) is 0 Å². The highest BCUT2D eigenvalue weighted by atomic mass is 16.5. The molecule has 2 fully saturated rings. The first-order valence-corrected chi connectivity index (χ1v) is 6.67. The summed E-state index contributed by atoms with van der Waals surface area (Å²) in [5.74, 6) is -0.727. The molecule has 2 amide bonds. The number of carbonyl (C=O) groups is 2. The zero-order valence-electron chi connectivity index (χ0n) is 11.8. The Hall–Kier alpha value is -1.14. The van der Waals surface area contributed by atoms with Crippen LogP contribution in [-0.2, 0) is 14.3 Å². The molecule has 0 aromatic heterocycles. The molecular formula is C13H23N3O3. The number of amides is 2. The van der Waals surface area contributed by atoms with Crippen LogP contribution in [0, 0.1) is 11.3 Å². The van der Waals surface area contributed by atoms with E-state index >= 15 is 0 Å². The van der Waals surface area contributed by atoms with Gasteiger partial charge in [0.05, 0.1) is 12.6 Å². The van der Waals surface area contributed by atoms with Gasteiger partial charge < -0.3 is 21.1 Å². The van der Waals surface area contributed by atoms with Gasteiger partial charge in [-0.05, 0) is 12.8 Å². The molecule has 4 N–H and O–H groups in total. The lowest BCUT2D eigenvalue weighted by Crippen LogP contribution is -2.82. The van der Waals surface area contributed by atoms with Crippen molar-refractivity contribution in [2.75, 3.05) is 20.2 Å². The van der Waals surface area contributed by atoms with E-state index in [-0.39, 0.29) is 24.5 Å². The molecule has 1 aliphatic carbocycles. The van der Waals surface area contributed by atoms with Gasteiger partial charge >= 0.3 is 0 Å². The summed E-state index contributed by atoms with van der Waals surface area (Å²) in [6, 6.07) is 0. The summed E-state index contributed by atoms with van der Waals surface area (Å²) in [7, 11) is 1.56. The van der Waals surface area contributed by atoms with Crippen LogP contribution in [0.1, 0.15) is 26.7 Å². The quantitative estimate of drug-likeness (QED) is 0.719. The average Bonchev–Trinajstić information content (AvgIpc) is 2.36. The molecule has 0 aromatic rings. The Bertz CT molecular complexity index is 410. The van der Waals surface area contributed by atoms with Crippen LogP contribution < -0.4 is 11.5 Å². The van der Waals surface area contributed by atoms with Crippen molar-refractivity contribution in [1.29, 1.82) is 0 Å². The molecule has 0 aromatic carbocycles. The molecule has 1 saturated carbocycles. The van der Waals surface area contributed by atoms with Crippen LogP contribution in [0.2, 0.25) is 0 Å². The highest BCUT2D eigenvalue weighted by molar-refractivity contribution is 5.92. The zero-order valence-corrected chi connectivity index (χ0v) is 11.8. The Kier molecular flexibility index (Phi) is 3.35. The van der Waals surface area contributed by atoms with Crippen LogP contribution in [0.15, 0.2) is 0 Å². The van der Waals surface area contributed by atoms with Gasteiger partial charge in [-0.2, -0.15) is 0 Å². The molecule has 19 heavy (non-hydrogen) atoms. The molecule has 1 saturated heterocycles. The molecule has 0 spiro atoms. The predicted octanol–water partition coefficient (Wildman–Crippen LogP) is -0.537. The van der Waals surface area contributed by atoms with Crippen LogP contribution in [0.4, 0.5) is 0 Å². The van der Waals surface area contributed by atoms with Crippen molar-refractivity contribution in [2.24, 2.45) is 22.8 Å². The first-order chi connectivity index (χ1) is 8.73. The van der Waals surface area contributed by atoms with Gasteiger partial charge in [0, 0.05) is 25.0 Å². The van der Waals surface area contributed by atoms with E-state index in [1.54, 1.807) is 7.05 Å². The lowest BCUT2D eigenvalue weighted by Gasteiger charge is -2.65. The number of ether oxygens (including phenoxy) is 1. The second-order valence-corrected chi connectivity index (χ2v) is 6.26. The summed E-state index contributed by atoms with van der Waals surface area (Å²) in [5.41, 5.74) is 10.2. The second-order valence-electron chi connectivity index (χ2n) is 6.26. The Morgan fingerprint density at radius 1 is 1.42 bits per heavy atom. The maximum absolute atomic E-state index is 12.6. The largest absolute Gasteiger partial charge is 0.377 e. The number of nitrogens with two attached hydrogens (primary N) is 2. The maximum Gasteiger partial charge on any atom is 0.243 e. The summed E-state index contributed by atoms with van der Waals surface area (Å²) in [5, 5.41) is 0. The van der Waals surface area contributed by atoms with Crippen LogP contribution in [-0.4, -0.2) is 48.6 Å². The number of rotatable bonds is 3. The molecule has 3 atom stereocenters. The normalized spacial score (nSPS) is 36.0. The van der Waals surface area contributed by atoms with E-state index in [0.29, 0.717) is 0 Å². The molecule has 6 heteroatoms. The van der Waals surface area contributed by atoms with Gasteiger partial charge in [-0.15, -0.1) is 0 Å². The minimum Gasteiger partial charge on any atom is -0.377 e. The van der Waals surface area contributed by atoms with Gasteiger partial charge in [-0.3, -0.25) is 9.59 Å². The van der Waals surface area contributed by atoms with E-state index in [1.807, 2.05) is 13.8 Å². The topological polar surface area (TPSA) is 98.7 Å². The van der Waals surface area contributed by atoms with E-state index < -0.39 is 16.9 Å². The SMILES string of the molecule is CN(CC(N)=O)C(=O)C1(N)C2CCCOC2C1(C)C. The molecule has 6 nitrogen and oxygen atoms in total. The minimum atomic E-state index is -0.970. The Labute approximate surface area is 113 Å². The smallest absolute Gasteiger partial charge is 0.243 e. The lowest BCUT2D eigenvalue weighted by molar-refractivity contribution is -0.229. The number of carbonyl (C=O) groups excluding carboxylic acids is 2. The van der Waals surface area contributed by atoms with Crippen molar-refractivity contribution in [1.82, 2.24) is 4.90 Å². The fraction of sp³-hybridized carbons (Fsp3) is 0.846. The molecule has 108 valence electrons. The van der Waals surface area contributed by atoms with Crippen molar-refractivity contribution >= 4 is 11.8 Å². The fourth-order valence-electron chi connectivity index (χ4n) is 3.63. The molecule has 0 radical (unpaired) electrons. The molecule has 3 unspecified atom stereocenters. The van der Waals surface area contributed by atoms with Crippen molar-refractivity contribution in [2.45, 2.75) is 38.3 Å². The number of likely N-dealkylation sites (N-methyl/N-ethyl adjacent to an activating group) is 1. The van der Waals surface area contributed by atoms with Gasteiger partial charge in [0.25, 0.3) is 0 Å². The first-order valence-electron chi connectivity index (χ1n) is 6.67. The number of primary amides is 1. The summed E-state index contributed by atoms with van der Waals surface area (Å²) in [6.45, 7) is 4.53. The van der Waals surface area contributed by atoms with Gasteiger partial charge in [-0.25, -0.2) is 0 Å². The highest BCUT2D eigenvalue weighted by Crippen LogP contribution is 2.57. The Morgan fingerprint density at radius 2 is 2.05 bits per heavy atom. The van der Waals surface area contributed by atoms with Crippen LogP contribution in [0.5, 0.6) is 0 Å². The zero-order chi connectivity index (χ0) is 14.4. The van der Waals surface area contributed by atoms with Gasteiger partial charge in [-0.1, -0.05) is 13.8 Å². The lowest BCUT2D eigenvalue weighted by atomic mass is 9.46. The van der Waals surface area contributed by atoms with Gasteiger partial charge in [0.1, 0.15) is 5.54 Å². The molecule has 2 rings (SSSR count). The fourth-order valence-corrected chi connectivity index (χ4v) is 3.63. The number of hydrogen-bond donors (Lipinski definition) is 2. The van der Waals surface area contributed by atoms with Crippen LogP contribution in [0.25, 0.3) is 0 Å². The maximum atomic E-state index is 12.6. The van der Waals surface area contributed by atoms with Crippen molar-refractivity contribution < 1.29 is 14.3 Å². The monoisotopic (exact) mass is 269 g/mol. The summed E-state index contributed by atoms with van der Waals surface area (Å²) in [6.07, 6.45) is 1.83. The third kappa shape index (κ3) is 1.85. The first kappa shape index (κ1) is 14.3. The minimum absolute atomic E-state index is 0.0252. The highest BCUT2D eigenvalue weighted by Gasteiger charge is 2.70. The molecular weight excluding hydrogens is 246 g/mol. The Morgan fingerprint density at radius 3 is 2.63 bits per heavy atom. The average molecular weight is 269 g/mol. The van der Waals surface area contributed by atoms with Crippen molar-refractivity contribution in [3.63, 3.8) is 0 Å². The molecule has 0 bridgehead atoms. The number of hydrogen-bond acceptors (Lipinski definition) is 4. The van der Waals surface area contributed by atoms with Crippen LogP contribution >= 0.6 is 0 Å². The summed E-state index contributed by atoms with van der Waals surface area (Å²) >= 11 is 0. The van der Waals surface area contributed by atoms with Crippen LogP contribution in [0.3, 0.4) is 0 Å². The van der Waals surface area contributed by atoms with E-state index in [0.717, 1.165) is 19.4 Å². The van der Waals surface area contributed by atoms with E-state index in [2.05, 4.69) is 0 Å².